The summed E-state index contributed by atoms with van der Waals surface area (Å²) >= 11 is 0. The molecule has 0 aliphatic carbocycles. The summed E-state index contributed by atoms with van der Waals surface area (Å²) in [5, 5.41) is 0.823. The molecule has 0 unspecified atom stereocenters. The van der Waals surface area contributed by atoms with E-state index in [4.69, 9.17) is 11.5 Å². The van der Waals surface area contributed by atoms with Gasteiger partial charge in [-0.25, -0.2) is 9.59 Å². The van der Waals surface area contributed by atoms with Gasteiger partial charge in [0.05, 0.1) is 6.67 Å². The number of hydrogen-bond donors (Lipinski definition) is 4. The first-order valence-corrected chi connectivity index (χ1v) is 5.23. The maximum Gasteiger partial charge on any atom is 0.428 e. The van der Waals surface area contributed by atoms with Crippen LogP contribution in [0.3, 0.4) is 0 Å². The Balaban J connectivity index is 3.00. The molecule has 1 heterocycles. The fraction of sp³-hybridized carbons (Fsp3) is 0.200. The highest BCUT2D eigenvalue weighted by molar-refractivity contribution is 8.38. The molecular formula is C5H8N4O6S. The summed E-state index contributed by atoms with van der Waals surface area (Å²) in [5.41, 5.74) is 9.39. The van der Waals surface area contributed by atoms with Crippen molar-refractivity contribution in [3.63, 3.8) is 0 Å². The Morgan fingerprint density at radius 1 is 1.19 bits per heavy atom. The molecule has 0 aromatic heterocycles. The number of carbonyl (C=O) groups is 4. The molecule has 1 aliphatic heterocycles. The molecule has 90 valence electrons. The molecule has 1 fully saturated rings. The average molecular weight is 252 g/mol. The summed E-state index contributed by atoms with van der Waals surface area (Å²) in [6.07, 6.45) is -2.77. The molecule has 0 spiro atoms. The number of carbonyl (C=O) groups excluding carboxylic acids is 4. The Labute approximate surface area is 90.5 Å². The number of primary amides is 2. The van der Waals surface area contributed by atoms with Gasteiger partial charge in [-0.1, -0.05) is 0 Å². The Kier molecular flexibility index (Phi) is 3.20. The lowest BCUT2D eigenvalue weighted by Gasteiger charge is -2.39. The van der Waals surface area contributed by atoms with Crippen LogP contribution in [-0.4, -0.2) is 29.9 Å². The minimum absolute atomic E-state index is 0.236. The zero-order valence-electron chi connectivity index (χ0n) is 7.72. The van der Waals surface area contributed by atoms with Gasteiger partial charge in [0.25, 0.3) is 0 Å². The molecular weight excluding hydrogens is 244 g/mol. The second-order valence-electron chi connectivity index (χ2n) is 2.42. The number of rotatable bonds is 2. The van der Waals surface area contributed by atoms with E-state index in [1.807, 2.05) is 0 Å². The van der Waals surface area contributed by atoms with E-state index < -0.39 is 34.0 Å². The van der Waals surface area contributed by atoms with Gasteiger partial charge in [0, 0.05) is 10.8 Å². The zero-order valence-corrected chi connectivity index (χ0v) is 8.54. The molecule has 0 bridgehead atoms. The van der Waals surface area contributed by atoms with Gasteiger partial charge in [0.15, 0.2) is 0 Å². The molecule has 1 saturated heterocycles. The van der Waals surface area contributed by atoms with E-state index in [-0.39, 0.29) is 6.67 Å². The minimum atomic E-state index is -3.57. The Morgan fingerprint density at radius 2 is 1.69 bits per heavy atom. The third-order valence-electron chi connectivity index (χ3n) is 1.34. The smallest absolute Gasteiger partial charge is 0.334 e. The normalized spacial score (nSPS) is 20.5. The van der Waals surface area contributed by atoms with Crippen molar-refractivity contribution in [2.45, 2.75) is 0 Å². The van der Waals surface area contributed by atoms with Crippen LogP contribution in [0.1, 0.15) is 0 Å². The summed E-state index contributed by atoms with van der Waals surface area (Å²) < 4.78 is 10.9. The van der Waals surface area contributed by atoms with Gasteiger partial charge in [-0.15, -0.1) is 0 Å². The minimum Gasteiger partial charge on any atom is -0.334 e. The molecule has 0 aromatic carbocycles. The lowest BCUT2D eigenvalue weighted by molar-refractivity contribution is -0.134. The van der Waals surface area contributed by atoms with Crippen molar-refractivity contribution in [2.75, 3.05) is 6.67 Å². The van der Waals surface area contributed by atoms with Gasteiger partial charge in [-0.2, -0.15) is 4.72 Å². The largest absolute Gasteiger partial charge is 0.428 e. The van der Waals surface area contributed by atoms with Gasteiger partial charge in [0.2, 0.25) is 0 Å². The van der Waals surface area contributed by atoms with Crippen molar-refractivity contribution < 1.29 is 27.5 Å². The Morgan fingerprint density at radius 3 is 2.12 bits per heavy atom. The summed E-state index contributed by atoms with van der Waals surface area (Å²) in [5.74, 6) is -1.07. The number of hydrogen-bond acceptors (Lipinski definition) is 7. The van der Waals surface area contributed by atoms with E-state index in [0.29, 0.717) is 0 Å². The third kappa shape index (κ3) is 2.32. The topological polar surface area (TPSA) is 163 Å². The van der Waals surface area contributed by atoms with Crippen LogP contribution in [0.25, 0.3) is 0 Å². The molecule has 11 heteroatoms. The van der Waals surface area contributed by atoms with Crippen molar-refractivity contribution in [1.82, 2.24) is 10.0 Å². The van der Waals surface area contributed by atoms with Crippen LogP contribution in [0.5, 0.6) is 0 Å². The summed E-state index contributed by atoms with van der Waals surface area (Å²) in [4.78, 5) is 43.6. The molecule has 3 amide bonds. The predicted molar refractivity (Wildman–Crippen MR) is 50.1 cm³/mol. The van der Waals surface area contributed by atoms with Gasteiger partial charge in [-0.3, -0.25) is 9.59 Å². The maximum absolute atomic E-state index is 11.4. The number of amides is 3. The standard InChI is InChI=1S/C5H8N4O6S/c6-4(12)14-16(15-5(7)13)3(11)2(10)8-1-9-16/h9H,1H2,(H2,6,12)(H2,7,13)(H,8,10). The first-order valence-electron chi connectivity index (χ1n) is 3.75. The van der Waals surface area contributed by atoms with Crippen molar-refractivity contribution in [1.29, 1.82) is 0 Å². The summed E-state index contributed by atoms with van der Waals surface area (Å²) in [6, 6.07) is 0. The fourth-order valence-electron chi connectivity index (χ4n) is 0.854. The summed E-state index contributed by atoms with van der Waals surface area (Å²) in [7, 11) is -3.57. The molecule has 16 heavy (non-hydrogen) atoms. The first kappa shape index (κ1) is 12.1. The van der Waals surface area contributed by atoms with E-state index in [1.165, 1.54) is 0 Å². The average Bonchev–Trinajstić information content (AvgIpc) is 2.12. The van der Waals surface area contributed by atoms with Crippen LogP contribution < -0.4 is 21.5 Å². The number of nitrogens with two attached hydrogens (primary N) is 2. The fourth-order valence-corrected chi connectivity index (χ4v) is 2.33. The van der Waals surface area contributed by atoms with Gasteiger partial charge < -0.3 is 25.2 Å². The quantitative estimate of drug-likeness (QED) is 0.410. The number of nitrogens with one attached hydrogen (secondary N) is 2. The SMILES string of the molecule is NC(=O)OS1(OC(N)=O)NCNC(=O)C1=O. The second kappa shape index (κ2) is 4.24. The summed E-state index contributed by atoms with van der Waals surface area (Å²) in [6.45, 7) is -0.236. The van der Waals surface area contributed by atoms with Gasteiger partial charge in [-0.05, 0) is 0 Å². The molecule has 0 radical (unpaired) electrons. The lowest BCUT2D eigenvalue weighted by Crippen LogP contribution is -2.52. The molecule has 1 aliphatic rings. The van der Waals surface area contributed by atoms with Crippen LogP contribution in [0, 0.1) is 0 Å². The van der Waals surface area contributed by atoms with Gasteiger partial charge >= 0.3 is 23.2 Å². The van der Waals surface area contributed by atoms with Crippen molar-refractivity contribution in [3.05, 3.63) is 0 Å². The van der Waals surface area contributed by atoms with Crippen molar-refractivity contribution in [3.8, 4) is 0 Å². The van der Waals surface area contributed by atoms with E-state index in [1.54, 1.807) is 0 Å². The van der Waals surface area contributed by atoms with Crippen molar-refractivity contribution in [2.24, 2.45) is 11.5 Å². The Bertz CT molecular complexity index is 354. The van der Waals surface area contributed by atoms with Crippen LogP contribution in [0.4, 0.5) is 9.59 Å². The lowest BCUT2D eigenvalue weighted by atomic mass is 10.7. The molecule has 1 rings (SSSR count). The third-order valence-corrected chi connectivity index (χ3v) is 3.34. The van der Waals surface area contributed by atoms with Crippen molar-refractivity contribution >= 4 is 34.0 Å². The van der Waals surface area contributed by atoms with Crippen LogP contribution >= 0.6 is 10.8 Å². The predicted octanol–water partition coefficient (Wildman–Crippen LogP) is -2.07. The molecule has 10 nitrogen and oxygen atoms in total. The monoisotopic (exact) mass is 252 g/mol. The highest BCUT2D eigenvalue weighted by Crippen LogP contribution is 2.47. The molecule has 0 atom stereocenters. The highest BCUT2D eigenvalue weighted by atomic mass is 32.3. The molecule has 0 aromatic rings. The van der Waals surface area contributed by atoms with Crippen LogP contribution in [-0.2, 0) is 18.0 Å². The zero-order chi connectivity index (χ0) is 12.3. The van der Waals surface area contributed by atoms with Crippen LogP contribution in [0.2, 0.25) is 0 Å². The van der Waals surface area contributed by atoms with E-state index in [0.717, 1.165) is 0 Å². The molecule has 0 saturated carbocycles. The molecule has 6 N–H and O–H groups in total. The van der Waals surface area contributed by atoms with Gasteiger partial charge in [0.1, 0.15) is 0 Å². The van der Waals surface area contributed by atoms with Crippen LogP contribution in [0.15, 0.2) is 0 Å². The van der Waals surface area contributed by atoms with E-state index in [9.17, 15) is 19.2 Å². The van der Waals surface area contributed by atoms with E-state index >= 15 is 0 Å². The van der Waals surface area contributed by atoms with E-state index in [2.05, 4.69) is 18.4 Å². The maximum atomic E-state index is 11.4. The first-order chi connectivity index (χ1) is 7.37. The Hall–Kier alpha value is -2.01. The highest BCUT2D eigenvalue weighted by Gasteiger charge is 2.43. The second-order valence-corrected chi connectivity index (χ2v) is 4.42.